The minimum Gasteiger partial charge on any atom is -0.385 e. The number of likely N-dealkylation sites (tertiary alicyclic amines) is 1. The molecule has 0 radical (unpaired) electrons. The van der Waals surface area contributed by atoms with Crippen molar-refractivity contribution in [3.63, 3.8) is 0 Å². The van der Waals surface area contributed by atoms with Gasteiger partial charge in [-0.1, -0.05) is 43.2 Å². The van der Waals surface area contributed by atoms with Crippen LogP contribution in [0.4, 0.5) is 4.79 Å². The highest BCUT2D eigenvalue weighted by Crippen LogP contribution is 2.33. The predicted molar refractivity (Wildman–Crippen MR) is 86.6 cm³/mol. The summed E-state index contributed by atoms with van der Waals surface area (Å²) in [5.41, 5.74) is 0.123. The predicted octanol–water partition coefficient (Wildman–Crippen LogP) is 3.01. The summed E-state index contributed by atoms with van der Waals surface area (Å²) in [5, 5.41) is 14.0. The van der Waals surface area contributed by atoms with Crippen LogP contribution in [-0.2, 0) is 5.60 Å². The van der Waals surface area contributed by atoms with E-state index in [0.717, 1.165) is 18.4 Å². The second-order valence-corrected chi connectivity index (χ2v) is 7.08. The molecule has 0 spiro atoms. The van der Waals surface area contributed by atoms with E-state index in [4.69, 9.17) is 0 Å². The molecule has 0 unspecified atom stereocenters. The highest BCUT2D eigenvalue weighted by Gasteiger charge is 2.37. The monoisotopic (exact) mass is 302 g/mol. The first-order valence-corrected chi connectivity index (χ1v) is 8.36. The molecule has 1 aliphatic carbocycles. The zero-order valence-electron chi connectivity index (χ0n) is 13.3. The maximum Gasteiger partial charge on any atom is 0.317 e. The highest BCUT2D eigenvalue weighted by atomic mass is 16.3. The van der Waals surface area contributed by atoms with Crippen molar-refractivity contribution in [3.05, 3.63) is 35.9 Å². The van der Waals surface area contributed by atoms with Gasteiger partial charge in [-0.15, -0.1) is 0 Å². The van der Waals surface area contributed by atoms with Gasteiger partial charge in [-0.25, -0.2) is 4.79 Å². The molecule has 0 bridgehead atoms. The summed E-state index contributed by atoms with van der Waals surface area (Å²) in [6.45, 7) is 3.35. The molecule has 1 heterocycles. The molecule has 4 heteroatoms. The van der Waals surface area contributed by atoms with Crippen molar-refractivity contribution in [1.29, 1.82) is 0 Å². The van der Waals surface area contributed by atoms with Crippen molar-refractivity contribution >= 4 is 6.03 Å². The summed E-state index contributed by atoms with van der Waals surface area (Å²) in [7, 11) is 0. The van der Waals surface area contributed by atoms with Gasteiger partial charge in [-0.05, 0) is 38.2 Å². The molecular weight excluding hydrogens is 276 g/mol. The Morgan fingerprint density at radius 2 is 1.68 bits per heavy atom. The van der Waals surface area contributed by atoms with E-state index < -0.39 is 5.60 Å². The van der Waals surface area contributed by atoms with Crippen LogP contribution in [0.3, 0.4) is 0 Å². The van der Waals surface area contributed by atoms with Crippen LogP contribution in [-0.4, -0.2) is 34.7 Å². The van der Waals surface area contributed by atoms with E-state index >= 15 is 0 Å². The number of hydrogen-bond acceptors (Lipinski definition) is 2. The molecule has 1 aromatic carbocycles. The van der Waals surface area contributed by atoms with Gasteiger partial charge in [0.1, 0.15) is 0 Å². The third-order valence-corrected chi connectivity index (χ3v) is 5.30. The lowest BCUT2D eigenvalue weighted by Crippen LogP contribution is -2.54. The minimum atomic E-state index is -0.796. The molecule has 0 aromatic heterocycles. The zero-order valence-corrected chi connectivity index (χ0v) is 13.3. The topological polar surface area (TPSA) is 52.6 Å². The molecule has 2 aliphatic rings. The second kappa shape index (κ2) is 5.92. The van der Waals surface area contributed by atoms with Crippen molar-refractivity contribution in [3.8, 4) is 0 Å². The number of urea groups is 1. The van der Waals surface area contributed by atoms with Crippen molar-refractivity contribution in [2.24, 2.45) is 0 Å². The molecule has 1 aromatic rings. The van der Waals surface area contributed by atoms with Gasteiger partial charge in [0.05, 0.1) is 5.60 Å². The highest BCUT2D eigenvalue weighted by molar-refractivity contribution is 5.75. The van der Waals surface area contributed by atoms with Crippen molar-refractivity contribution in [1.82, 2.24) is 10.2 Å². The summed E-state index contributed by atoms with van der Waals surface area (Å²) in [4.78, 5) is 14.3. The standard InChI is InChI=1S/C18H26N2O2/c1-17(9-5-6-10-17)19-16(21)20-13-11-18(22,12-14-20)15-7-3-2-4-8-15/h2-4,7-8,22H,5-6,9-14H2,1H3,(H,19,21). The molecule has 0 atom stereocenters. The van der Waals surface area contributed by atoms with E-state index in [1.165, 1.54) is 12.8 Å². The molecule has 2 N–H and O–H groups in total. The SMILES string of the molecule is CC1(NC(=O)N2CCC(O)(c3ccccc3)CC2)CCCC1. The summed E-state index contributed by atoms with van der Waals surface area (Å²) >= 11 is 0. The lowest BCUT2D eigenvalue weighted by molar-refractivity contribution is -0.0173. The number of amides is 2. The summed E-state index contributed by atoms with van der Waals surface area (Å²) in [6, 6.07) is 9.82. The zero-order chi connectivity index (χ0) is 15.6. The second-order valence-electron chi connectivity index (χ2n) is 7.08. The van der Waals surface area contributed by atoms with Crippen LogP contribution < -0.4 is 5.32 Å². The lowest BCUT2D eigenvalue weighted by Gasteiger charge is -2.39. The van der Waals surface area contributed by atoms with Crippen LogP contribution in [0.5, 0.6) is 0 Å². The van der Waals surface area contributed by atoms with Crippen LogP contribution in [0, 0.1) is 0 Å². The van der Waals surface area contributed by atoms with Crippen molar-refractivity contribution in [2.75, 3.05) is 13.1 Å². The molecule has 1 aliphatic heterocycles. The Hall–Kier alpha value is -1.55. The molecule has 2 fully saturated rings. The smallest absolute Gasteiger partial charge is 0.317 e. The van der Waals surface area contributed by atoms with Gasteiger partial charge in [0.15, 0.2) is 0 Å². The average Bonchev–Trinajstić information content (AvgIpc) is 2.95. The van der Waals surface area contributed by atoms with Crippen LogP contribution in [0.2, 0.25) is 0 Å². The lowest BCUT2D eigenvalue weighted by atomic mass is 9.84. The Bertz CT molecular complexity index is 515. The van der Waals surface area contributed by atoms with E-state index in [0.29, 0.717) is 25.9 Å². The van der Waals surface area contributed by atoms with E-state index in [1.807, 2.05) is 35.2 Å². The summed E-state index contributed by atoms with van der Waals surface area (Å²) in [5.74, 6) is 0. The van der Waals surface area contributed by atoms with E-state index in [1.54, 1.807) is 0 Å². The minimum absolute atomic E-state index is 0.0273. The fraction of sp³-hybridized carbons (Fsp3) is 0.611. The van der Waals surface area contributed by atoms with Gasteiger partial charge < -0.3 is 15.3 Å². The van der Waals surface area contributed by atoms with Gasteiger partial charge in [-0.2, -0.15) is 0 Å². The summed E-state index contributed by atoms with van der Waals surface area (Å²) in [6.07, 6.45) is 5.73. The number of piperidine rings is 1. The maximum absolute atomic E-state index is 12.4. The Labute approximate surface area is 132 Å². The number of carbonyl (C=O) groups is 1. The number of benzene rings is 1. The Morgan fingerprint density at radius 3 is 2.27 bits per heavy atom. The first kappa shape index (κ1) is 15.3. The molecular formula is C18H26N2O2. The third-order valence-electron chi connectivity index (χ3n) is 5.30. The number of hydrogen-bond donors (Lipinski definition) is 2. The summed E-state index contributed by atoms with van der Waals surface area (Å²) < 4.78 is 0. The first-order valence-electron chi connectivity index (χ1n) is 8.36. The fourth-order valence-electron chi connectivity index (χ4n) is 3.73. The van der Waals surface area contributed by atoms with Crippen LogP contribution >= 0.6 is 0 Å². The molecule has 2 amide bonds. The Morgan fingerprint density at radius 1 is 1.09 bits per heavy atom. The largest absolute Gasteiger partial charge is 0.385 e. The number of carbonyl (C=O) groups excluding carboxylic acids is 1. The normalized spacial score (nSPS) is 23.3. The number of nitrogens with zero attached hydrogens (tertiary/aromatic N) is 1. The molecule has 3 rings (SSSR count). The quantitative estimate of drug-likeness (QED) is 0.882. The van der Waals surface area contributed by atoms with E-state index in [9.17, 15) is 9.90 Å². The average molecular weight is 302 g/mol. The van der Waals surface area contributed by atoms with Gasteiger partial charge >= 0.3 is 6.03 Å². The third kappa shape index (κ3) is 3.12. The number of rotatable bonds is 2. The maximum atomic E-state index is 12.4. The molecule has 4 nitrogen and oxygen atoms in total. The van der Waals surface area contributed by atoms with Gasteiger partial charge in [0.25, 0.3) is 0 Å². The Balaban J connectivity index is 1.58. The first-order chi connectivity index (χ1) is 10.5. The Kier molecular flexibility index (Phi) is 4.13. The van der Waals surface area contributed by atoms with Gasteiger partial charge in [0.2, 0.25) is 0 Å². The number of aliphatic hydroxyl groups is 1. The number of nitrogens with one attached hydrogen (secondary N) is 1. The van der Waals surface area contributed by atoms with Crippen molar-refractivity contribution in [2.45, 2.75) is 56.6 Å². The van der Waals surface area contributed by atoms with Gasteiger partial charge in [0, 0.05) is 18.6 Å². The molecule has 22 heavy (non-hydrogen) atoms. The van der Waals surface area contributed by atoms with Crippen LogP contribution in [0.25, 0.3) is 0 Å². The fourth-order valence-corrected chi connectivity index (χ4v) is 3.73. The van der Waals surface area contributed by atoms with Crippen LogP contribution in [0.15, 0.2) is 30.3 Å². The molecule has 1 saturated carbocycles. The molecule has 120 valence electrons. The van der Waals surface area contributed by atoms with E-state index in [2.05, 4.69) is 12.2 Å². The van der Waals surface area contributed by atoms with Crippen LogP contribution in [0.1, 0.15) is 51.0 Å². The van der Waals surface area contributed by atoms with E-state index in [-0.39, 0.29) is 11.6 Å². The van der Waals surface area contributed by atoms with Crippen molar-refractivity contribution < 1.29 is 9.90 Å². The molecule has 1 saturated heterocycles. The van der Waals surface area contributed by atoms with Gasteiger partial charge in [-0.3, -0.25) is 0 Å².